The number of nitrogens with one attached hydrogen (secondary N) is 2. The van der Waals surface area contributed by atoms with Crippen molar-refractivity contribution in [3.63, 3.8) is 0 Å². The summed E-state index contributed by atoms with van der Waals surface area (Å²) in [6.45, 7) is 3.48. The Kier molecular flexibility index (Phi) is 7.36. The molecular weight excluding hydrogens is 280 g/mol. The second kappa shape index (κ2) is 9.56. The van der Waals surface area contributed by atoms with Gasteiger partial charge in [0.25, 0.3) is 0 Å². The molecule has 1 fully saturated rings. The predicted octanol–water partition coefficient (Wildman–Crippen LogP) is 0.506. The molecule has 1 heterocycles. The van der Waals surface area contributed by atoms with Crippen molar-refractivity contribution in [2.45, 2.75) is 19.3 Å². The van der Waals surface area contributed by atoms with E-state index in [1.165, 1.54) is 12.0 Å². The molecule has 0 aromatic heterocycles. The van der Waals surface area contributed by atoms with E-state index in [0.717, 1.165) is 31.0 Å². The van der Waals surface area contributed by atoms with Gasteiger partial charge in [-0.25, -0.2) is 0 Å². The van der Waals surface area contributed by atoms with Crippen LogP contribution in [0.3, 0.4) is 0 Å². The highest BCUT2D eigenvalue weighted by Crippen LogP contribution is 2.15. The van der Waals surface area contributed by atoms with Gasteiger partial charge in [-0.3, -0.25) is 4.79 Å². The summed E-state index contributed by atoms with van der Waals surface area (Å²) < 4.78 is 5.09. The molecule has 0 bridgehead atoms. The number of hydrogen-bond donors (Lipinski definition) is 3. The Bertz CT molecular complexity index is 442. The standard InChI is InChI=1S/C17H26N2O3/c20-8-10-22-9-7-19-17(21)12-15-3-1-14(2-4-15)11-16-5-6-18-13-16/h1-4,16,18,20H,5-13H2,(H,19,21). The van der Waals surface area contributed by atoms with Crippen molar-refractivity contribution in [3.05, 3.63) is 35.4 Å². The van der Waals surface area contributed by atoms with Crippen LogP contribution in [-0.2, 0) is 22.4 Å². The zero-order valence-corrected chi connectivity index (χ0v) is 13.0. The first-order chi connectivity index (χ1) is 10.8. The number of aliphatic hydroxyl groups is 1. The number of benzene rings is 1. The largest absolute Gasteiger partial charge is 0.394 e. The highest BCUT2D eigenvalue weighted by molar-refractivity contribution is 5.78. The van der Waals surface area contributed by atoms with E-state index in [9.17, 15) is 4.79 Å². The molecule has 0 saturated carbocycles. The fourth-order valence-electron chi connectivity index (χ4n) is 2.69. The quantitative estimate of drug-likeness (QED) is 0.581. The molecule has 5 nitrogen and oxygen atoms in total. The smallest absolute Gasteiger partial charge is 0.224 e. The van der Waals surface area contributed by atoms with E-state index in [-0.39, 0.29) is 12.5 Å². The monoisotopic (exact) mass is 306 g/mol. The van der Waals surface area contributed by atoms with Crippen molar-refractivity contribution in [2.75, 3.05) is 39.5 Å². The molecule has 3 N–H and O–H groups in total. The van der Waals surface area contributed by atoms with Gasteiger partial charge in [0.15, 0.2) is 0 Å². The molecule has 1 aliphatic rings. The molecule has 1 aromatic rings. The summed E-state index contributed by atoms with van der Waals surface area (Å²) in [5.41, 5.74) is 2.37. The molecule has 1 aromatic carbocycles. The Morgan fingerprint density at radius 2 is 2.05 bits per heavy atom. The minimum Gasteiger partial charge on any atom is -0.394 e. The summed E-state index contributed by atoms with van der Waals surface area (Å²) in [5.74, 6) is 0.744. The summed E-state index contributed by atoms with van der Waals surface area (Å²) in [4.78, 5) is 11.8. The molecule has 22 heavy (non-hydrogen) atoms. The van der Waals surface area contributed by atoms with Gasteiger partial charge < -0.3 is 20.5 Å². The van der Waals surface area contributed by atoms with Crippen molar-refractivity contribution in [1.82, 2.24) is 10.6 Å². The zero-order chi connectivity index (χ0) is 15.6. The Hall–Kier alpha value is -1.43. The maximum absolute atomic E-state index is 11.8. The minimum absolute atomic E-state index is 0.000316. The zero-order valence-electron chi connectivity index (χ0n) is 13.0. The third-order valence-electron chi connectivity index (χ3n) is 3.88. The van der Waals surface area contributed by atoms with Crippen LogP contribution in [0.25, 0.3) is 0 Å². The van der Waals surface area contributed by atoms with Gasteiger partial charge in [-0.05, 0) is 43.0 Å². The van der Waals surface area contributed by atoms with E-state index in [1.807, 2.05) is 12.1 Å². The maximum atomic E-state index is 11.8. The molecule has 122 valence electrons. The Morgan fingerprint density at radius 3 is 2.73 bits per heavy atom. The lowest BCUT2D eigenvalue weighted by molar-refractivity contribution is -0.120. The van der Waals surface area contributed by atoms with Crippen molar-refractivity contribution < 1.29 is 14.6 Å². The first kappa shape index (κ1) is 16.9. The fraction of sp³-hybridized carbons (Fsp3) is 0.588. The topological polar surface area (TPSA) is 70.6 Å². The summed E-state index contributed by atoms with van der Waals surface area (Å²) >= 11 is 0. The highest BCUT2D eigenvalue weighted by atomic mass is 16.5. The number of aliphatic hydroxyl groups excluding tert-OH is 1. The molecule has 1 saturated heterocycles. The van der Waals surface area contributed by atoms with Gasteiger partial charge in [0.05, 0.1) is 26.2 Å². The SMILES string of the molecule is O=C(Cc1ccc(CC2CCNC2)cc1)NCCOCCO. The van der Waals surface area contributed by atoms with E-state index in [0.29, 0.717) is 26.2 Å². The minimum atomic E-state index is 0.000316. The second-order valence-corrected chi connectivity index (χ2v) is 5.74. The highest BCUT2D eigenvalue weighted by Gasteiger charge is 2.14. The van der Waals surface area contributed by atoms with Crippen molar-refractivity contribution >= 4 is 5.91 Å². The molecule has 0 aliphatic carbocycles. The summed E-state index contributed by atoms with van der Waals surface area (Å²) in [6.07, 6.45) is 2.76. The van der Waals surface area contributed by atoms with E-state index in [2.05, 4.69) is 22.8 Å². The average molecular weight is 306 g/mol. The van der Waals surface area contributed by atoms with Crippen LogP contribution < -0.4 is 10.6 Å². The molecule has 5 heteroatoms. The molecule has 1 amide bonds. The number of carbonyl (C=O) groups is 1. The third-order valence-corrected chi connectivity index (χ3v) is 3.88. The fourth-order valence-corrected chi connectivity index (χ4v) is 2.69. The average Bonchev–Trinajstić information content (AvgIpc) is 3.02. The lowest BCUT2D eigenvalue weighted by Crippen LogP contribution is -2.28. The van der Waals surface area contributed by atoms with Gasteiger partial charge in [-0.1, -0.05) is 24.3 Å². The Balaban J connectivity index is 1.67. The van der Waals surface area contributed by atoms with Crippen LogP contribution in [0.2, 0.25) is 0 Å². The molecule has 0 radical (unpaired) electrons. The first-order valence-electron chi connectivity index (χ1n) is 8.02. The number of amides is 1. The summed E-state index contributed by atoms with van der Waals surface area (Å²) in [6, 6.07) is 8.34. The number of ether oxygens (including phenoxy) is 1. The van der Waals surface area contributed by atoms with Gasteiger partial charge in [0, 0.05) is 6.54 Å². The van der Waals surface area contributed by atoms with Crippen LogP contribution in [0.15, 0.2) is 24.3 Å². The van der Waals surface area contributed by atoms with E-state index < -0.39 is 0 Å². The Morgan fingerprint density at radius 1 is 1.27 bits per heavy atom. The van der Waals surface area contributed by atoms with Crippen LogP contribution in [0.1, 0.15) is 17.5 Å². The molecule has 1 aliphatic heterocycles. The van der Waals surface area contributed by atoms with Gasteiger partial charge >= 0.3 is 0 Å². The van der Waals surface area contributed by atoms with Crippen molar-refractivity contribution in [1.29, 1.82) is 0 Å². The van der Waals surface area contributed by atoms with E-state index >= 15 is 0 Å². The molecule has 2 rings (SSSR count). The molecule has 1 unspecified atom stereocenters. The normalized spacial score (nSPS) is 17.6. The lowest BCUT2D eigenvalue weighted by Gasteiger charge is -2.09. The van der Waals surface area contributed by atoms with Crippen LogP contribution in [0.5, 0.6) is 0 Å². The lowest BCUT2D eigenvalue weighted by atomic mass is 9.97. The van der Waals surface area contributed by atoms with Crippen molar-refractivity contribution in [2.24, 2.45) is 5.92 Å². The summed E-state index contributed by atoms with van der Waals surface area (Å²) in [5, 5.41) is 14.8. The Labute approximate surface area is 132 Å². The van der Waals surface area contributed by atoms with Crippen LogP contribution in [0, 0.1) is 5.92 Å². The number of rotatable bonds is 9. The van der Waals surface area contributed by atoms with Crippen LogP contribution in [-0.4, -0.2) is 50.5 Å². The molecular formula is C17H26N2O3. The number of hydrogen-bond acceptors (Lipinski definition) is 4. The third kappa shape index (κ3) is 6.13. The van der Waals surface area contributed by atoms with Gasteiger partial charge in [0.2, 0.25) is 5.91 Å². The molecule has 0 spiro atoms. The maximum Gasteiger partial charge on any atom is 0.224 e. The van der Waals surface area contributed by atoms with Gasteiger partial charge in [-0.15, -0.1) is 0 Å². The van der Waals surface area contributed by atoms with Crippen LogP contribution >= 0.6 is 0 Å². The van der Waals surface area contributed by atoms with Gasteiger partial charge in [-0.2, -0.15) is 0 Å². The predicted molar refractivity (Wildman–Crippen MR) is 85.7 cm³/mol. The molecule has 1 atom stereocenters. The van der Waals surface area contributed by atoms with Crippen LogP contribution in [0.4, 0.5) is 0 Å². The summed E-state index contributed by atoms with van der Waals surface area (Å²) in [7, 11) is 0. The van der Waals surface area contributed by atoms with Gasteiger partial charge in [0.1, 0.15) is 0 Å². The second-order valence-electron chi connectivity index (χ2n) is 5.74. The van der Waals surface area contributed by atoms with E-state index in [4.69, 9.17) is 9.84 Å². The number of carbonyl (C=O) groups excluding carboxylic acids is 1. The first-order valence-corrected chi connectivity index (χ1v) is 8.02. The van der Waals surface area contributed by atoms with E-state index in [1.54, 1.807) is 0 Å². The van der Waals surface area contributed by atoms with Crippen molar-refractivity contribution in [3.8, 4) is 0 Å².